The topological polar surface area (TPSA) is 95.7 Å². The fraction of sp³-hybridized carbons (Fsp3) is 0.438. The molecule has 3 rings (SSSR count). The van der Waals surface area contributed by atoms with Crippen molar-refractivity contribution in [2.75, 3.05) is 19.6 Å². The van der Waals surface area contributed by atoms with E-state index < -0.39 is 5.97 Å². The summed E-state index contributed by atoms with van der Waals surface area (Å²) in [6.07, 6.45) is 2.92. The third-order valence-electron chi connectivity index (χ3n) is 3.86. The highest BCUT2D eigenvalue weighted by molar-refractivity contribution is 7.09. The number of aromatic nitrogens is 1. The lowest BCUT2D eigenvalue weighted by Gasteiger charge is -2.11. The first-order valence-corrected chi connectivity index (χ1v) is 8.77. The number of rotatable bonds is 7. The third-order valence-corrected chi connectivity index (χ3v) is 4.77. The van der Waals surface area contributed by atoms with Crippen LogP contribution in [0.3, 0.4) is 0 Å². The van der Waals surface area contributed by atoms with Crippen molar-refractivity contribution in [2.45, 2.75) is 25.8 Å². The molecule has 2 aromatic heterocycles. The van der Waals surface area contributed by atoms with Gasteiger partial charge in [0.15, 0.2) is 11.5 Å². The number of carbonyl (C=O) groups excluding carboxylic acids is 1. The highest BCUT2D eigenvalue weighted by Crippen LogP contribution is 2.15. The monoisotopic (exact) mass is 349 g/mol. The van der Waals surface area contributed by atoms with Crippen LogP contribution in [0.15, 0.2) is 21.9 Å². The molecule has 1 aliphatic rings. The zero-order valence-electron chi connectivity index (χ0n) is 13.2. The fourth-order valence-electron chi connectivity index (χ4n) is 2.64. The Morgan fingerprint density at radius 1 is 1.33 bits per heavy atom. The summed E-state index contributed by atoms with van der Waals surface area (Å²) in [5.41, 5.74) is 0.0407. The predicted molar refractivity (Wildman–Crippen MR) is 88.3 cm³/mol. The molecule has 2 N–H and O–H groups in total. The summed E-state index contributed by atoms with van der Waals surface area (Å²) < 4.78 is 5.60. The number of carbonyl (C=O) groups is 2. The van der Waals surface area contributed by atoms with Gasteiger partial charge in [0.05, 0.1) is 11.6 Å². The van der Waals surface area contributed by atoms with E-state index in [1.54, 1.807) is 6.07 Å². The Morgan fingerprint density at radius 3 is 2.83 bits per heavy atom. The van der Waals surface area contributed by atoms with Gasteiger partial charge in [-0.3, -0.25) is 9.69 Å². The lowest BCUT2D eigenvalue weighted by molar-refractivity contribution is 0.0690. The lowest BCUT2D eigenvalue weighted by atomic mass is 10.3. The Balaban J connectivity index is 1.46. The summed E-state index contributed by atoms with van der Waals surface area (Å²) in [5, 5.41) is 13.8. The lowest BCUT2D eigenvalue weighted by Crippen LogP contribution is -2.25. The van der Waals surface area contributed by atoms with Crippen LogP contribution in [0.5, 0.6) is 0 Å². The smallest absolute Gasteiger partial charge is 0.355 e. The van der Waals surface area contributed by atoms with Crippen LogP contribution in [-0.2, 0) is 13.0 Å². The molecule has 7 nitrogen and oxygen atoms in total. The van der Waals surface area contributed by atoms with Crippen LogP contribution >= 0.6 is 11.3 Å². The normalized spacial score (nSPS) is 14.8. The van der Waals surface area contributed by atoms with Gasteiger partial charge >= 0.3 is 5.97 Å². The minimum absolute atomic E-state index is 0.0407. The predicted octanol–water partition coefficient (Wildman–Crippen LogP) is 2.00. The summed E-state index contributed by atoms with van der Waals surface area (Å²) in [5.74, 6) is -0.206. The van der Waals surface area contributed by atoms with Gasteiger partial charge in [-0.25, -0.2) is 9.78 Å². The van der Waals surface area contributed by atoms with E-state index in [4.69, 9.17) is 9.52 Å². The summed E-state index contributed by atoms with van der Waals surface area (Å²) in [6.45, 7) is 3.28. The first kappa shape index (κ1) is 16.7. The van der Waals surface area contributed by atoms with Crippen molar-refractivity contribution in [1.82, 2.24) is 15.2 Å². The molecule has 0 radical (unpaired) electrons. The van der Waals surface area contributed by atoms with Crippen LogP contribution in [-0.4, -0.2) is 46.5 Å². The van der Waals surface area contributed by atoms with Gasteiger partial charge in [-0.05, 0) is 38.1 Å². The highest BCUT2D eigenvalue weighted by Gasteiger charge is 2.16. The van der Waals surface area contributed by atoms with Crippen molar-refractivity contribution in [3.63, 3.8) is 0 Å². The van der Waals surface area contributed by atoms with Crippen molar-refractivity contribution in [3.8, 4) is 0 Å². The van der Waals surface area contributed by atoms with Crippen LogP contribution in [0, 0.1) is 0 Å². The van der Waals surface area contributed by atoms with Crippen molar-refractivity contribution in [1.29, 1.82) is 0 Å². The summed E-state index contributed by atoms with van der Waals surface area (Å²) in [4.78, 5) is 29.1. The zero-order chi connectivity index (χ0) is 16.9. The molecule has 2 aromatic rings. The van der Waals surface area contributed by atoms with Crippen molar-refractivity contribution in [2.24, 2.45) is 0 Å². The number of nitrogens with zero attached hydrogens (tertiary/aromatic N) is 2. The average Bonchev–Trinajstić information content (AvgIpc) is 3.28. The largest absolute Gasteiger partial charge is 0.476 e. The molecule has 1 amide bonds. The van der Waals surface area contributed by atoms with E-state index in [2.05, 4.69) is 15.2 Å². The van der Waals surface area contributed by atoms with Gasteiger partial charge in [-0.15, -0.1) is 11.3 Å². The maximum atomic E-state index is 12.1. The van der Waals surface area contributed by atoms with Crippen molar-refractivity contribution < 1.29 is 19.1 Å². The molecule has 3 heterocycles. The van der Waals surface area contributed by atoms with Crippen molar-refractivity contribution in [3.05, 3.63) is 39.7 Å². The quantitative estimate of drug-likeness (QED) is 0.794. The van der Waals surface area contributed by atoms with Gasteiger partial charge in [0.1, 0.15) is 5.76 Å². The van der Waals surface area contributed by atoms with E-state index in [1.807, 2.05) is 6.07 Å². The molecule has 128 valence electrons. The zero-order valence-corrected chi connectivity index (χ0v) is 14.0. The van der Waals surface area contributed by atoms with Crippen LogP contribution in [0.4, 0.5) is 0 Å². The second-order valence-corrected chi connectivity index (χ2v) is 6.63. The number of carboxylic acid groups (broad SMARTS) is 1. The second-order valence-electron chi connectivity index (χ2n) is 5.69. The van der Waals surface area contributed by atoms with Crippen LogP contribution in [0.2, 0.25) is 0 Å². The van der Waals surface area contributed by atoms with E-state index in [1.165, 1.54) is 29.6 Å². The van der Waals surface area contributed by atoms with E-state index in [-0.39, 0.29) is 11.6 Å². The number of hydrogen-bond acceptors (Lipinski definition) is 6. The standard InChI is InChI=1S/C16H19N3O4S/c20-15(17-6-5-14-18-12(10-24-14)16(21)22)13-4-3-11(23-13)9-19-7-1-2-8-19/h3-4,10H,1-2,5-9H2,(H,17,20)(H,21,22). The summed E-state index contributed by atoms with van der Waals surface area (Å²) in [6, 6.07) is 3.53. The first-order chi connectivity index (χ1) is 11.6. The number of carboxylic acids is 1. The molecule has 1 aliphatic heterocycles. The third kappa shape index (κ3) is 4.21. The molecule has 1 saturated heterocycles. The average molecular weight is 349 g/mol. The van der Waals surface area contributed by atoms with Crippen molar-refractivity contribution >= 4 is 23.2 Å². The van der Waals surface area contributed by atoms with Gasteiger partial charge in [-0.1, -0.05) is 0 Å². The Hall–Kier alpha value is -2.19. The second kappa shape index (κ2) is 7.59. The number of nitrogens with one attached hydrogen (secondary N) is 1. The molecule has 8 heteroatoms. The maximum absolute atomic E-state index is 12.1. The number of thiazole rings is 1. The van der Waals surface area contributed by atoms with Gasteiger partial charge < -0.3 is 14.8 Å². The van der Waals surface area contributed by atoms with Gasteiger partial charge in [0.25, 0.3) is 5.91 Å². The molecule has 24 heavy (non-hydrogen) atoms. The SMILES string of the molecule is O=C(O)c1csc(CCNC(=O)c2ccc(CN3CCCC3)o2)n1. The minimum atomic E-state index is -1.04. The van der Waals surface area contributed by atoms with E-state index >= 15 is 0 Å². The Labute approximate surface area is 143 Å². The molecule has 0 atom stereocenters. The maximum Gasteiger partial charge on any atom is 0.355 e. The number of aromatic carboxylic acids is 1. The Kier molecular flexibility index (Phi) is 5.27. The Morgan fingerprint density at radius 2 is 2.12 bits per heavy atom. The Bertz CT molecular complexity index is 718. The molecule has 0 saturated carbocycles. The number of amides is 1. The fourth-order valence-corrected chi connectivity index (χ4v) is 3.41. The van der Waals surface area contributed by atoms with E-state index in [9.17, 15) is 9.59 Å². The highest BCUT2D eigenvalue weighted by atomic mass is 32.1. The van der Waals surface area contributed by atoms with E-state index in [0.717, 1.165) is 25.4 Å². The molecule has 1 fully saturated rings. The first-order valence-electron chi connectivity index (χ1n) is 7.89. The molecule has 0 spiro atoms. The number of likely N-dealkylation sites (tertiary alicyclic amines) is 1. The van der Waals surface area contributed by atoms with Crippen LogP contribution in [0.25, 0.3) is 0 Å². The van der Waals surface area contributed by atoms with Gasteiger partial charge in [0, 0.05) is 18.3 Å². The van der Waals surface area contributed by atoms with Gasteiger partial charge in [0.2, 0.25) is 0 Å². The number of hydrogen-bond donors (Lipinski definition) is 2. The summed E-state index contributed by atoms with van der Waals surface area (Å²) in [7, 11) is 0. The molecule has 0 bridgehead atoms. The van der Waals surface area contributed by atoms with Gasteiger partial charge in [-0.2, -0.15) is 0 Å². The van der Waals surface area contributed by atoms with Crippen LogP contribution in [0.1, 0.15) is 44.7 Å². The minimum Gasteiger partial charge on any atom is -0.476 e. The molecule has 0 aliphatic carbocycles. The van der Waals surface area contributed by atoms with Crippen LogP contribution < -0.4 is 5.32 Å². The molecule has 0 aromatic carbocycles. The molecular formula is C16H19N3O4S. The number of furan rings is 1. The molecule has 0 unspecified atom stereocenters. The molecular weight excluding hydrogens is 330 g/mol. The van der Waals surface area contributed by atoms with E-state index in [0.29, 0.717) is 23.7 Å². The summed E-state index contributed by atoms with van der Waals surface area (Å²) >= 11 is 1.27.